The summed E-state index contributed by atoms with van der Waals surface area (Å²) in [6.45, 7) is 3.52. The first-order valence-electron chi connectivity index (χ1n) is 11.6. The van der Waals surface area contributed by atoms with E-state index in [2.05, 4.69) is 5.32 Å². The second-order valence-corrected chi connectivity index (χ2v) is 8.41. The fourth-order valence-electron chi connectivity index (χ4n) is 4.32. The summed E-state index contributed by atoms with van der Waals surface area (Å²) in [4.78, 5) is 34.1. The number of aliphatic imine (C=N–C) groups is 1. The molecule has 0 aliphatic carbocycles. The molecule has 2 aliphatic rings. The van der Waals surface area contributed by atoms with Crippen molar-refractivity contribution in [3.05, 3.63) is 59.7 Å². The summed E-state index contributed by atoms with van der Waals surface area (Å²) in [6.07, 6.45) is -4.41. The van der Waals surface area contributed by atoms with Crippen molar-refractivity contribution in [3.8, 4) is 5.75 Å². The van der Waals surface area contributed by atoms with Gasteiger partial charge in [-0.15, -0.1) is 0 Å². The van der Waals surface area contributed by atoms with E-state index in [1.165, 1.54) is 6.07 Å². The Morgan fingerprint density at radius 3 is 2.36 bits per heavy atom. The van der Waals surface area contributed by atoms with Crippen LogP contribution in [0.3, 0.4) is 0 Å². The van der Waals surface area contributed by atoms with Crippen molar-refractivity contribution in [1.29, 1.82) is 0 Å². The molecule has 192 valence electrons. The third-order valence-corrected chi connectivity index (χ3v) is 6.21. The Balaban J connectivity index is 1.54. The number of carbonyl (C=O) groups is 2. The number of benzene rings is 2. The van der Waals surface area contributed by atoms with E-state index >= 15 is 0 Å². The highest BCUT2D eigenvalue weighted by molar-refractivity contribution is 6.08. The second kappa shape index (κ2) is 10.5. The van der Waals surface area contributed by atoms with Gasteiger partial charge in [-0.3, -0.25) is 14.9 Å². The Kier molecular flexibility index (Phi) is 7.37. The lowest BCUT2D eigenvalue weighted by Crippen LogP contribution is -2.57. The summed E-state index contributed by atoms with van der Waals surface area (Å²) in [7, 11) is 1.54. The van der Waals surface area contributed by atoms with E-state index in [0.717, 1.165) is 12.1 Å². The number of hydrogen-bond acceptors (Lipinski definition) is 7. The van der Waals surface area contributed by atoms with E-state index in [0.29, 0.717) is 49.1 Å². The van der Waals surface area contributed by atoms with Gasteiger partial charge < -0.3 is 19.3 Å². The predicted octanol–water partition coefficient (Wildman–Crippen LogP) is 3.24. The zero-order valence-corrected chi connectivity index (χ0v) is 19.9. The number of halogens is 3. The van der Waals surface area contributed by atoms with E-state index < -0.39 is 35.6 Å². The first kappa shape index (κ1) is 25.3. The van der Waals surface area contributed by atoms with Crippen molar-refractivity contribution in [1.82, 2.24) is 10.2 Å². The second-order valence-electron chi connectivity index (χ2n) is 8.41. The van der Waals surface area contributed by atoms with E-state index in [4.69, 9.17) is 14.5 Å². The van der Waals surface area contributed by atoms with Gasteiger partial charge in [-0.25, -0.2) is 4.99 Å². The maximum Gasteiger partial charge on any atom is 0.416 e. The number of piperazine rings is 1. The summed E-state index contributed by atoms with van der Waals surface area (Å²) in [5, 5.41) is 2.73. The first-order valence-corrected chi connectivity index (χ1v) is 11.6. The number of rotatable bonds is 5. The number of carbonyl (C=O) groups excluding carboxylic acids is 2. The molecule has 1 saturated heterocycles. The molecule has 1 N–H and O–H groups in total. The maximum absolute atomic E-state index is 13.1. The van der Waals surface area contributed by atoms with E-state index in [1.54, 1.807) is 44.4 Å². The third kappa shape index (κ3) is 5.39. The Labute approximate surface area is 206 Å². The lowest BCUT2D eigenvalue weighted by Gasteiger charge is -2.39. The number of methoxy groups -OCH3 is 1. The summed E-state index contributed by atoms with van der Waals surface area (Å²) in [5.41, 5.74) is 0.445. The molecule has 2 atom stereocenters. The van der Waals surface area contributed by atoms with Crippen LogP contribution in [0.5, 0.6) is 5.75 Å². The highest BCUT2D eigenvalue weighted by Crippen LogP contribution is 2.33. The third-order valence-electron chi connectivity index (χ3n) is 6.21. The molecule has 2 aliphatic heterocycles. The SMILES string of the molecule is CCOC(=O)[C@@H]1C(=O)NC(N2CCN(c3cccc(C(F)(F)F)c3)CC2)=N[C@@H]1c1ccc(OC)cc1. The molecule has 0 saturated carbocycles. The fourth-order valence-corrected chi connectivity index (χ4v) is 4.32. The van der Waals surface area contributed by atoms with Gasteiger partial charge in [0.2, 0.25) is 11.9 Å². The normalized spacial score (nSPS) is 20.5. The fraction of sp³-hybridized carbons (Fsp3) is 0.400. The van der Waals surface area contributed by atoms with Gasteiger partial charge in [0.05, 0.1) is 19.3 Å². The van der Waals surface area contributed by atoms with Crippen LogP contribution in [-0.4, -0.2) is 62.6 Å². The average molecular weight is 505 g/mol. The monoisotopic (exact) mass is 504 g/mol. The minimum Gasteiger partial charge on any atom is -0.497 e. The standard InChI is InChI=1S/C25H27F3N4O4/c1-3-36-23(34)20-21(16-7-9-19(35-2)10-8-16)29-24(30-22(20)33)32-13-11-31(12-14-32)18-6-4-5-17(15-18)25(26,27)28/h4-10,15,20-21H,3,11-14H2,1-2H3,(H,29,30,33)/t20-,21+/m0/s1. The molecule has 0 unspecified atom stereocenters. The molecule has 1 fully saturated rings. The number of nitrogens with one attached hydrogen (secondary N) is 1. The highest BCUT2D eigenvalue weighted by Gasteiger charge is 2.42. The van der Waals surface area contributed by atoms with Crippen LogP contribution in [0.2, 0.25) is 0 Å². The van der Waals surface area contributed by atoms with Crippen molar-refractivity contribution < 1.29 is 32.2 Å². The molecule has 2 aromatic carbocycles. The molecule has 0 bridgehead atoms. The molecular weight excluding hydrogens is 477 g/mol. The summed E-state index contributed by atoms with van der Waals surface area (Å²) in [5.74, 6) is -1.37. The number of anilines is 1. The molecule has 36 heavy (non-hydrogen) atoms. The van der Waals surface area contributed by atoms with Crippen LogP contribution in [-0.2, 0) is 20.5 Å². The molecule has 0 radical (unpaired) electrons. The zero-order chi connectivity index (χ0) is 25.9. The van der Waals surface area contributed by atoms with Gasteiger partial charge in [-0.2, -0.15) is 13.2 Å². The van der Waals surface area contributed by atoms with Crippen molar-refractivity contribution in [2.45, 2.75) is 19.1 Å². The summed E-state index contributed by atoms with van der Waals surface area (Å²) < 4.78 is 49.7. The first-order chi connectivity index (χ1) is 17.2. The van der Waals surface area contributed by atoms with Gasteiger partial charge in [-0.05, 0) is 42.8 Å². The lowest BCUT2D eigenvalue weighted by molar-refractivity contribution is -0.153. The molecule has 11 heteroatoms. The van der Waals surface area contributed by atoms with Crippen LogP contribution in [0, 0.1) is 5.92 Å². The van der Waals surface area contributed by atoms with Crippen molar-refractivity contribution in [2.75, 3.05) is 44.8 Å². The number of ether oxygens (including phenoxy) is 2. The zero-order valence-electron chi connectivity index (χ0n) is 19.9. The Bertz CT molecular complexity index is 1130. The van der Waals surface area contributed by atoms with Gasteiger partial charge in [0, 0.05) is 31.9 Å². The van der Waals surface area contributed by atoms with Crippen LogP contribution >= 0.6 is 0 Å². The Morgan fingerprint density at radius 1 is 1.08 bits per heavy atom. The van der Waals surface area contributed by atoms with Crippen LogP contribution < -0.4 is 15.0 Å². The smallest absolute Gasteiger partial charge is 0.416 e. The molecule has 0 aromatic heterocycles. The molecule has 2 heterocycles. The van der Waals surface area contributed by atoms with E-state index in [1.807, 2.05) is 9.80 Å². The van der Waals surface area contributed by atoms with Crippen molar-refractivity contribution in [2.24, 2.45) is 10.9 Å². The number of hydrogen-bond donors (Lipinski definition) is 1. The Morgan fingerprint density at radius 2 is 1.75 bits per heavy atom. The number of guanidine groups is 1. The minimum absolute atomic E-state index is 0.131. The van der Waals surface area contributed by atoms with E-state index in [-0.39, 0.29) is 6.61 Å². The number of amides is 1. The van der Waals surface area contributed by atoms with Crippen LogP contribution in [0.1, 0.15) is 24.1 Å². The maximum atomic E-state index is 13.1. The average Bonchev–Trinajstić information content (AvgIpc) is 2.88. The van der Waals surface area contributed by atoms with Gasteiger partial charge in [-0.1, -0.05) is 18.2 Å². The summed E-state index contributed by atoms with van der Waals surface area (Å²) >= 11 is 0. The molecule has 0 spiro atoms. The van der Waals surface area contributed by atoms with E-state index in [9.17, 15) is 22.8 Å². The highest BCUT2D eigenvalue weighted by atomic mass is 19.4. The van der Waals surface area contributed by atoms with Crippen LogP contribution in [0.4, 0.5) is 18.9 Å². The molecule has 4 rings (SSSR count). The van der Waals surface area contributed by atoms with Gasteiger partial charge in [0.1, 0.15) is 11.8 Å². The van der Waals surface area contributed by atoms with Crippen molar-refractivity contribution in [3.63, 3.8) is 0 Å². The number of esters is 1. The van der Waals surface area contributed by atoms with Crippen LogP contribution in [0.15, 0.2) is 53.5 Å². The predicted molar refractivity (Wildman–Crippen MR) is 127 cm³/mol. The largest absolute Gasteiger partial charge is 0.497 e. The van der Waals surface area contributed by atoms with Crippen LogP contribution in [0.25, 0.3) is 0 Å². The van der Waals surface area contributed by atoms with Gasteiger partial charge >= 0.3 is 12.1 Å². The minimum atomic E-state index is -4.41. The van der Waals surface area contributed by atoms with Gasteiger partial charge in [0.15, 0.2) is 5.92 Å². The number of nitrogens with zero attached hydrogens (tertiary/aromatic N) is 3. The molecule has 1 amide bonds. The topological polar surface area (TPSA) is 83.5 Å². The van der Waals surface area contributed by atoms with Crippen molar-refractivity contribution >= 4 is 23.5 Å². The lowest BCUT2D eigenvalue weighted by atomic mass is 9.91. The molecular formula is C25H27F3N4O4. The quantitative estimate of drug-likeness (QED) is 0.497. The van der Waals surface area contributed by atoms with Gasteiger partial charge in [0.25, 0.3) is 0 Å². The number of alkyl halides is 3. The summed E-state index contributed by atoms with van der Waals surface area (Å²) in [6, 6.07) is 11.4. The molecule has 8 nitrogen and oxygen atoms in total. The Hall–Kier alpha value is -3.76. The molecule has 2 aromatic rings.